The van der Waals surface area contributed by atoms with Crippen LogP contribution < -0.4 is 6.15 Å². The average molecular weight is 226 g/mol. The minimum absolute atomic E-state index is 0. The van der Waals surface area contributed by atoms with Gasteiger partial charge in [-0.25, -0.2) is 0 Å². The third kappa shape index (κ3) is 3.68. The molecule has 0 saturated heterocycles. The monoisotopic (exact) mass is 226 g/mol. The van der Waals surface area contributed by atoms with Gasteiger partial charge >= 0.3 is 0 Å². The van der Waals surface area contributed by atoms with Crippen LogP contribution >= 0.6 is 0 Å². The Balaban J connectivity index is 0. The fourth-order valence-electron chi connectivity index (χ4n) is 1.00. The zero-order valence-corrected chi connectivity index (χ0v) is 11.4. The summed E-state index contributed by atoms with van der Waals surface area (Å²) in [6, 6.07) is 4.78. The van der Waals surface area contributed by atoms with Crippen LogP contribution in [0.5, 0.6) is 0 Å². The molecule has 6 heteroatoms. The molecule has 1 aromatic carbocycles. The maximum atomic E-state index is 10.8. The standard InChI is InChI=1S/C8H10O3S.H3N.Na/c1-6-4-3-5-8(7(6)2)12(9,10)11;;/h3-5H,1-2H3,(H,9,10,11);1H3;. The zero-order valence-electron chi connectivity index (χ0n) is 8.61. The summed E-state index contributed by atoms with van der Waals surface area (Å²) in [6.45, 7) is 3.46. The first-order valence-electron chi connectivity index (χ1n) is 3.46. The summed E-state index contributed by atoms with van der Waals surface area (Å²) in [5.74, 6) is 0. The van der Waals surface area contributed by atoms with Crippen LogP contribution in [0.25, 0.3) is 0 Å². The second-order valence-corrected chi connectivity index (χ2v) is 4.06. The van der Waals surface area contributed by atoms with Gasteiger partial charge in [-0.2, -0.15) is 8.42 Å². The van der Waals surface area contributed by atoms with Gasteiger partial charge in [0.15, 0.2) is 0 Å². The van der Waals surface area contributed by atoms with Gasteiger partial charge in [0.2, 0.25) is 0 Å². The van der Waals surface area contributed by atoms with Crippen LogP contribution in [0.4, 0.5) is 0 Å². The molecule has 0 aliphatic heterocycles. The molecule has 0 spiro atoms. The predicted octanol–water partition coefficient (Wildman–Crippen LogP) is 1.33. The molecule has 4 nitrogen and oxygen atoms in total. The first kappa shape index (κ1) is 16.5. The molecule has 75 valence electrons. The van der Waals surface area contributed by atoms with Crippen LogP contribution in [0, 0.1) is 13.8 Å². The van der Waals surface area contributed by atoms with Crippen LogP contribution in [0.3, 0.4) is 0 Å². The number of hydrogen-bond acceptors (Lipinski definition) is 3. The van der Waals surface area contributed by atoms with Crippen LogP contribution in [0.1, 0.15) is 11.1 Å². The molecule has 0 amide bonds. The summed E-state index contributed by atoms with van der Waals surface area (Å²) in [6.07, 6.45) is 0. The van der Waals surface area contributed by atoms with Crippen molar-refractivity contribution in [3.05, 3.63) is 29.3 Å². The van der Waals surface area contributed by atoms with Gasteiger partial charge in [-0.05, 0) is 31.0 Å². The Bertz CT molecular complexity index is 403. The van der Waals surface area contributed by atoms with E-state index in [1.807, 2.05) is 0 Å². The van der Waals surface area contributed by atoms with Gasteiger partial charge in [-0.15, -0.1) is 0 Å². The van der Waals surface area contributed by atoms with Crippen molar-refractivity contribution in [1.82, 2.24) is 6.15 Å². The molecule has 1 radical (unpaired) electrons. The topological polar surface area (TPSA) is 89.4 Å². The van der Waals surface area contributed by atoms with Gasteiger partial charge in [0.25, 0.3) is 10.1 Å². The Morgan fingerprint density at radius 3 is 2.07 bits per heavy atom. The van der Waals surface area contributed by atoms with Crippen molar-refractivity contribution in [3.63, 3.8) is 0 Å². The molecule has 0 bridgehead atoms. The normalized spacial score (nSPS) is 9.93. The maximum Gasteiger partial charge on any atom is 0.294 e. The molecule has 0 atom stereocenters. The molecule has 0 aromatic heterocycles. The minimum atomic E-state index is -4.06. The van der Waals surface area contributed by atoms with Crippen molar-refractivity contribution < 1.29 is 13.0 Å². The van der Waals surface area contributed by atoms with E-state index in [1.165, 1.54) is 6.07 Å². The smallest absolute Gasteiger partial charge is 0.294 e. The van der Waals surface area contributed by atoms with Crippen molar-refractivity contribution in [1.29, 1.82) is 0 Å². The quantitative estimate of drug-likeness (QED) is 0.558. The van der Waals surface area contributed by atoms with E-state index < -0.39 is 10.1 Å². The van der Waals surface area contributed by atoms with Crippen LogP contribution in [-0.2, 0) is 10.1 Å². The van der Waals surface area contributed by atoms with E-state index in [2.05, 4.69) is 0 Å². The molecular weight excluding hydrogens is 213 g/mol. The number of benzene rings is 1. The average Bonchev–Trinajstić information content (AvgIpc) is 1.92. The molecule has 0 unspecified atom stereocenters. The van der Waals surface area contributed by atoms with Gasteiger partial charge in [-0.3, -0.25) is 4.55 Å². The van der Waals surface area contributed by atoms with E-state index in [0.29, 0.717) is 5.56 Å². The van der Waals surface area contributed by atoms with E-state index in [4.69, 9.17) is 4.55 Å². The minimum Gasteiger partial charge on any atom is -0.344 e. The fourth-order valence-corrected chi connectivity index (χ4v) is 1.80. The molecule has 1 aromatic rings. The maximum absolute atomic E-state index is 10.8. The Labute approximate surface area is 106 Å². The summed E-state index contributed by atoms with van der Waals surface area (Å²) in [5, 5.41) is 0. The summed E-state index contributed by atoms with van der Waals surface area (Å²) in [4.78, 5) is -0.0116. The Morgan fingerprint density at radius 1 is 1.21 bits per heavy atom. The van der Waals surface area contributed by atoms with Gasteiger partial charge in [-0.1, -0.05) is 12.1 Å². The van der Waals surface area contributed by atoms with E-state index >= 15 is 0 Å². The predicted molar refractivity (Wildman–Crippen MR) is 56.5 cm³/mol. The SMILES string of the molecule is Cc1cccc(S(=O)(=O)O)c1C.N.[Na]. The molecular formula is C8H13NNaO3S. The van der Waals surface area contributed by atoms with E-state index in [-0.39, 0.29) is 40.6 Å². The fraction of sp³-hybridized carbons (Fsp3) is 0.250. The van der Waals surface area contributed by atoms with Crippen molar-refractivity contribution in [3.8, 4) is 0 Å². The number of aryl methyl sites for hydroxylation is 1. The first-order valence-corrected chi connectivity index (χ1v) is 4.90. The largest absolute Gasteiger partial charge is 0.344 e. The van der Waals surface area contributed by atoms with Crippen LogP contribution in [0.15, 0.2) is 23.1 Å². The molecule has 0 aliphatic carbocycles. The molecule has 0 aliphatic rings. The number of rotatable bonds is 1. The van der Waals surface area contributed by atoms with E-state index in [0.717, 1.165) is 5.56 Å². The summed E-state index contributed by atoms with van der Waals surface area (Å²) < 4.78 is 30.3. The molecule has 0 saturated carbocycles. The third-order valence-electron chi connectivity index (χ3n) is 1.83. The van der Waals surface area contributed by atoms with Gasteiger partial charge in [0.1, 0.15) is 0 Å². The van der Waals surface area contributed by atoms with Crippen molar-refractivity contribution >= 4 is 39.7 Å². The Hall–Kier alpha value is 0.0900. The van der Waals surface area contributed by atoms with Crippen LogP contribution in [-0.4, -0.2) is 42.5 Å². The van der Waals surface area contributed by atoms with Crippen molar-refractivity contribution in [2.45, 2.75) is 18.7 Å². The van der Waals surface area contributed by atoms with Crippen molar-refractivity contribution in [2.75, 3.05) is 0 Å². The second kappa shape index (κ2) is 5.85. The Morgan fingerprint density at radius 2 is 1.71 bits per heavy atom. The molecule has 0 fully saturated rings. The van der Waals surface area contributed by atoms with Crippen molar-refractivity contribution in [2.24, 2.45) is 0 Å². The summed E-state index contributed by atoms with van der Waals surface area (Å²) >= 11 is 0. The van der Waals surface area contributed by atoms with Gasteiger partial charge < -0.3 is 6.15 Å². The molecule has 1 rings (SSSR count). The first-order chi connectivity index (χ1) is 5.43. The third-order valence-corrected chi connectivity index (χ3v) is 2.83. The summed E-state index contributed by atoms with van der Waals surface area (Å²) in [7, 11) is -4.06. The van der Waals surface area contributed by atoms with E-state index in [9.17, 15) is 8.42 Å². The zero-order chi connectivity index (χ0) is 9.35. The Kier molecular flexibility index (Phi) is 6.90. The second-order valence-electron chi connectivity index (χ2n) is 2.67. The summed E-state index contributed by atoms with van der Waals surface area (Å²) in [5.41, 5.74) is 1.45. The molecule has 14 heavy (non-hydrogen) atoms. The number of hydrogen-bond donors (Lipinski definition) is 2. The molecule has 0 heterocycles. The van der Waals surface area contributed by atoms with Gasteiger partial charge in [0, 0.05) is 29.6 Å². The van der Waals surface area contributed by atoms with E-state index in [1.54, 1.807) is 26.0 Å². The van der Waals surface area contributed by atoms with Crippen LogP contribution in [0.2, 0.25) is 0 Å². The molecule has 4 N–H and O–H groups in total. The van der Waals surface area contributed by atoms with Gasteiger partial charge in [0.05, 0.1) is 4.90 Å².